The molecule has 3 nitrogen and oxygen atoms in total. The molecule has 0 aliphatic heterocycles. The predicted octanol–water partition coefficient (Wildman–Crippen LogP) is 2.20. The van der Waals surface area contributed by atoms with Gasteiger partial charge in [-0.1, -0.05) is 0 Å². The molecule has 0 saturated heterocycles. The maximum Gasteiger partial charge on any atom is 0.403 e. The number of aliphatic carboxylic acids is 1. The average molecular weight is 284 g/mol. The molecule has 100 valence electrons. The van der Waals surface area contributed by atoms with Gasteiger partial charge in [-0.2, -0.15) is 13.2 Å². The van der Waals surface area contributed by atoms with E-state index in [1.54, 1.807) is 0 Å². The van der Waals surface area contributed by atoms with Gasteiger partial charge in [0.1, 0.15) is 5.82 Å². The van der Waals surface area contributed by atoms with Crippen LogP contribution in [0.25, 0.3) is 0 Å². The van der Waals surface area contributed by atoms with Gasteiger partial charge in [0.25, 0.3) is 0 Å². The van der Waals surface area contributed by atoms with E-state index in [4.69, 9.17) is 5.11 Å². The number of carbonyl (C=O) groups is 1. The molecule has 0 aromatic heterocycles. The van der Waals surface area contributed by atoms with Crippen LogP contribution in [0.4, 0.5) is 17.6 Å². The van der Waals surface area contributed by atoms with Gasteiger partial charge in [-0.15, -0.1) is 0 Å². The van der Waals surface area contributed by atoms with E-state index in [9.17, 15) is 26.6 Å². The van der Waals surface area contributed by atoms with Crippen molar-refractivity contribution in [2.45, 2.75) is 11.1 Å². The third-order valence-electron chi connectivity index (χ3n) is 2.09. The summed E-state index contributed by atoms with van der Waals surface area (Å²) in [6.07, 6.45) is -4.97. The van der Waals surface area contributed by atoms with Crippen molar-refractivity contribution in [2.24, 2.45) is 5.92 Å². The number of hydrogen-bond donors (Lipinski definition) is 1. The van der Waals surface area contributed by atoms with Gasteiger partial charge in [-0.25, -0.2) is 4.39 Å². The van der Waals surface area contributed by atoms with E-state index in [1.165, 1.54) is 0 Å². The zero-order valence-electron chi connectivity index (χ0n) is 8.78. The van der Waals surface area contributed by atoms with Crippen molar-refractivity contribution >= 4 is 16.8 Å². The summed E-state index contributed by atoms with van der Waals surface area (Å²) in [6, 6.07) is 3.99. The smallest absolute Gasteiger partial charge is 0.403 e. The molecule has 0 amide bonds. The van der Waals surface area contributed by atoms with Crippen molar-refractivity contribution in [3.8, 4) is 0 Å². The fraction of sp³-hybridized carbons (Fsp3) is 0.300. The van der Waals surface area contributed by atoms with Crippen molar-refractivity contribution in [3.63, 3.8) is 0 Å². The fourth-order valence-electron chi connectivity index (χ4n) is 1.14. The Labute approximate surface area is 102 Å². The van der Waals surface area contributed by atoms with Gasteiger partial charge in [-0.05, 0) is 24.3 Å². The topological polar surface area (TPSA) is 54.4 Å². The van der Waals surface area contributed by atoms with Gasteiger partial charge in [0.2, 0.25) is 0 Å². The van der Waals surface area contributed by atoms with Gasteiger partial charge >= 0.3 is 12.1 Å². The van der Waals surface area contributed by atoms with Crippen LogP contribution in [-0.2, 0) is 15.6 Å². The Morgan fingerprint density at radius 1 is 1.28 bits per heavy atom. The molecule has 8 heteroatoms. The van der Waals surface area contributed by atoms with Gasteiger partial charge in [0.05, 0.1) is 16.6 Å². The van der Waals surface area contributed by atoms with E-state index >= 15 is 0 Å². The van der Waals surface area contributed by atoms with Crippen molar-refractivity contribution < 1.29 is 31.7 Å². The first-order valence-electron chi connectivity index (χ1n) is 4.65. The van der Waals surface area contributed by atoms with Gasteiger partial charge < -0.3 is 5.11 Å². The molecule has 1 rings (SSSR count). The number of carboxylic acid groups (broad SMARTS) is 1. The number of carboxylic acids is 1. The summed E-state index contributed by atoms with van der Waals surface area (Å²) in [7, 11) is -2.16. The lowest BCUT2D eigenvalue weighted by atomic mass is 10.2. The Kier molecular flexibility index (Phi) is 4.44. The first kappa shape index (κ1) is 14.6. The summed E-state index contributed by atoms with van der Waals surface area (Å²) in [4.78, 5) is 10.4. The molecule has 0 saturated carbocycles. The largest absolute Gasteiger partial charge is 0.481 e. The molecule has 2 unspecified atom stereocenters. The van der Waals surface area contributed by atoms with E-state index in [2.05, 4.69) is 0 Å². The maximum atomic E-state index is 12.6. The third-order valence-corrected chi connectivity index (χ3v) is 3.52. The SMILES string of the molecule is O=C(O)C(CS(=O)c1ccc(F)cc1)C(F)(F)F. The molecule has 0 aliphatic rings. The van der Waals surface area contributed by atoms with Gasteiger partial charge in [0, 0.05) is 4.90 Å². The highest BCUT2D eigenvalue weighted by molar-refractivity contribution is 7.85. The molecule has 0 aliphatic carbocycles. The summed E-state index contributed by atoms with van der Waals surface area (Å²) in [5, 5.41) is 8.43. The second kappa shape index (κ2) is 5.47. The van der Waals surface area contributed by atoms with Crippen LogP contribution < -0.4 is 0 Å². The Bertz CT molecular complexity index is 455. The van der Waals surface area contributed by atoms with Gasteiger partial charge in [-0.3, -0.25) is 9.00 Å². The highest BCUT2D eigenvalue weighted by Crippen LogP contribution is 2.28. The minimum Gasteiger partial charge on any atom is -0.481 e. The molecule has 0 heterocycles. The van der Waals surface area contributed by atoms with Crippen LogP contribution in [0.5, 0.6) is 0 Å². The first-order valence-corrected chi connectivity index (χ1v) is 5.97. The number of benzene rings is 1. The van der Waals surface area contributed by atoms with Crippen LogP contribution >= 0.6 is 0 Å². The van der Waals surface area contributed by atoms with Crippen LogP contribution in [0.15, 0.2) is 29.2 Å². The summed E-state index contributed by atoms with van der Waals surface area (Å²) in [6.45, 7) is 0. The van der Waals surface area contributed by atoms with Crippen LogP contribution in [0, 0.1) is 11.7 Å². The van der Waals surface area contributed by atoms with E-state index in [0.29, 0.717) is 0 Å². The number of rotatable bonds is 4. The summed E-state index contributed by atoms with van der Waals surface area (Å²) >= 11 is 0. The normalized spacial score (nSPS) is 15.1. The van der Waals surface area contributed by atoms with E-state index < -0.39 is 40.4 Å². The Balaban J connectivity index is 2.86. The number of hydrogen-bond acceptors (Lipinski definition) is 2. The molecule has 1 aromatic rings. The molecule has 1 N–H and O–H groups in total. The Morgan fingerprint density at radius 3 is 2.17 bits per heavy atom. The summed E-state index contributed by atoms with van der Waals surface area (Å²) in [5.74, 6) is -6.51. The molecule has 0 spiro atoms. The van der Waals surface area contributed by atoms with Crippen LogP contribution in [0.3, 0.4) is 0 Å². The Hall–Kier alpha value is -1.44. The van der Waals surface area contributed by atoms with Crippen LogP contribution in [0.1, 0.15) is 0 Å². The Morgan fingerprint density at radius 2 is 1.78 bits per heavy atom. The molecule has 0 radical (unpaired) electrons. The average Bonchev–Trinajstić information content (AvgIpc) is 2.24. The quantitative estimate of drug-likeness (QED) is 0.862. The third kappa shape index (κ3) is 3.80. The number of alkyl halides is 3. The molecular formula is C10H8F4O3S. The van der Waals surface area contributed by atoms with Crippen molar-refractivity contribution in [2.75, 3.05) is 5.75 Å². The molecular weight excluding hydrogens is 276 g/mol. The van der Waals surface area contributed by atoms with Crippen molar-refractivity contribution in [1.82, 2.24) is 0 Å². The van der Waals surface area contributed by atoms with Crippen molar-refractivity contribution in [1.29, 1.82) is 0 Å². The van der Waals surface area contributed by atoms with Crippen LogP contribution in [0.2, 0.25) is 0 Å². The highest BCUT2D eigenvalue weighted by atomic mass is 32.2. The second-order valence-electron chi connectivity index (χ2n) is 3.40. The zero-order valence-corrected chi connectivity index (χ0v) is 9.59. The lowest BCUT2D eigenvalue weighted by Gasteiger charge is -2.15. The maximum absolute atomic E-state index is 12.6. The lowest BCUT2D eigenvalue weighted by Crippen LogP contribution is -2.35. The first-order chi connectivity index (χ1) is 8.21. The minimum absolute atomic E-state index is 0.0492. The van der Waals surface area contributed by atoms with E-state index in [0.717, 1.165) is 24.3 Å². The standard InChI is InChI=1S/C10H8F4O3S/c11-6-1-3-7(4-2-6)18(17)5-8(9(15)16)10(12,13)14/h1-4,8H,5H2,(H,15,16). The number of halogens is 4. The van der Waals surface area contributed by atoms with E-state index in [-0.39, 0.29) is 4.90 Å². The second-order valence-corrected chi connectivity index (χ2v) is 4.89. The lowest BCUT2D eigenvalue weighted by molar-refractivity contribution is -0.188. The molecule has 0 fully saturated rings. The minimum atomic E-state index is -4.97. The highest BCUT2D eigenvalue weighted by Gasteiger charge is 2.46. The predicted molar refractivity (Wildman–Crippen MR) is 54.9 cm³/mol. The monoisotopic (exact) mass is 284 g/mol. The molecule has 2 atom stereocenters. The van der Waals surface area contributed by atoms with Crippen molar-refractivity contribution in [3.05, 3.63) is 30.1 Å². The van der Waals surface area contributed by atoms with Gasteiger partial charge in [0.15, 0.2) is 5.92 Å². The zero-order chi connectivity index (χ0) is 13.9. The fourth-order valence-corrected chi connectivity index (χ4v) is 2.41. The molecule has 18 heavy (non-hydrogen) atoms. The molecule has 1 aromatic carbocycles. The molecule has 0 bridgehead atoms. The van der Waals surface area contributed by atoms with E-state index in [1.807, 2.05) is 0 Å². The summed E-state index contributed by atoms with van der Waals surface area (Å²) in [5.41, 5.74) is 0. The van der Waals surface area contributed by atoms with Crippen LogP contribution in [-0.4, -0.2) is 27.2 Å². The summed E-state index contributed by atoms with van der Waals surface area (Å²) < 4.78 is 61.1.